The van der Waals surface area contributed by atoms with Gasteiger partial charge in [0, 0.05) is 11.6 Å². The Labute approximate surface area is 183 Å². The molecule has 0 atom stereocenters. The first-order valence-electron chi connectivity index (χ1n) is 9.74. The van der Waals surface area contributed by atoms with Crippen LogP contribution in [-0.2, 0) is 12.3 Å². The average molecular weight is 441 g/mol. The highest BCUT2D eigenvalue weighted by Gasteiger charge is 2.16. The van der Waals surface area contributed by atoms with Gasteiger partial charge in [0.2, 0.25) is 0 Å². The zero-order valence-electron chi connectivity index (χ0n) is 16.7. The second-order valence-corrected chi connectivity index (χ2v) is 8.37. The summed E-state index contributed by atoms with van der Waals surface area (Å²) in [7, 11) is 0. The molecular formula is C21H21ClN6OS. The number of hydrogen-bond acceptors (Lipinski definition) is 6. The lowest BCUT2D eigenvalue weighted by Gasteiger charge is -2.14. The molecule has 0 bridgehead atoms. The zero-order chi connectivity index (χ0) is 21.1. The van der Waals surface area contributed by atoms with E-state index in [0.717, 1.165) is 36.5 Å². The molecule has 4 aromatic rings. The number of aryl methyl sites for hydroxylation is 2. The highest BCUT2D eigenvalue weighted by molar-refractivity contribution is 7.98. The molecule has 2 aromatic carbocycles. The smallest absolute Gasteiger partial charge is 0.266 e. The Kier molecular flexibility index (Phi) is 6.15. The van der Waals surface area contributed by atoms with Crippen LogP contribution in [0.5, 0.6) is 0 Å². The van der Waals surface area contributed by atoms with E-state index >= 15 is 0 Å². The Morgan fingerprint density at radius 1 is 1.17 bits per heavy atom. The predicted molar refractivity (Wildman–Crippen MR) is 119 cm³/mol. The summed E-state index contributed by atoms with van der Waals surface area (Å²) in [5, 5.41) is 13.7. The van der Waals surface area contributed by atoms with Crippen LogP contribution < -0.4 is 5.56 Å². The van der Waals surface area contributed by atoms with Crippen molar-refractivity contribution in [2.24, 2.45) is 0 Å². The molecule has 0 amide bonds. The minimum absolute atomic E-state index is 0.129. The molecule has 0 aliphatic rings. The molecule has 4 rings (SSSR count). The fraction of sp³-hybridized carbons (Fsp3) is 0.286. The van der Waals surface area contributed by atoms with Crippen molar-refractivity contribution in [1.29, 1.82) is 0 Å². The Bertz CT molecular complexity index is 1250. The zero-order valence-corrected chi connectivity index (χ0v) is 18.3. The Balaban J connectivity index is 1.78. The molecule has 0 radical (unpaired) electrons. The number of aromatic nitrogens is 6. The van der Waals surface area contributed by atoms with Gasteiger partial charge in [-0.05, 0) is 59.7 Å². The third-order valence-electron chi connectivity index (χ3n) is 4.72. The van der Waals surface area contributed by atoms with Gasteiger partial charge in [0.25, 0.3) is 5.56 Å². The van der Waals surface area contributed by atoms with E-state index in [2.05, 4.69) is 22.4 Å². The van der Waals surface area contributed by atoms with Gasteiger partial charge < -0.3 is 0 Å². The van der Waals surface area contributed by atoms with Crippen LogP contribution in [0.25, 0.3) is 16.6 Å². The quantitative estimate of drug-likeness (QED) is 0.312. The summed E-state index contributed by atoms with van der Waals surface area (Å²) in [6.45, 7) is 4.89. The summed E-state index contributed by atoms with van der Waals surface area (Å²) in [5.41, 5.74) is 2.28. The minimum Gasteiger partial charge on any atom is -0.268 e. The highest BCUT2D eigenvalue weighted by atomic mass is 35.5. The van der Waals surface area contributed by atoms with Crippen molar-refractivity contribution in [2.45, 2.75) is 44.1 Å². The summed E-state index contributed by atoms with van der Waals surface area (Å²) < 4.78 is 3.46. The SMILES string of the molecule is CCCCn1nnnc1CSc1nc2cc(Cl)ccc2c(=O)n1-c1cccc(C)c1. The van der Waals surface area contributed by atoms with Crippen LogP contribution in [0, 0.1) is 6.92 Å². The number of nitrogens with zero attached hydrogens (tertiary/aromatic N) is 6. The van der Waals surface area contributed by atoms with Gasteiger partial charge in [-0.1, -0.05) is 48.8 Å². The van der Waals surface area contributed by atoms with E-state index in [9.17, 15) is 4.79 Å². The van der Waals surface area contributed by atoms with Gasteiger partial charge in [0.1, 0.15) is 0 Å². The molecule has 0 spiro atoms. The van der Waals surface area contributed by atoms with Crippen LogP contribution in [0.4, 0.5) is 0 Å². The number of fused-ring (bicyclic) bond motifs is 1. The predicted octanol–water partition coefficient (Wildman–Crippen LogP) is 4.43. The van der Waals surface area contributed by atoms with E-state index in [0.29, 0.717) is 26.8 Å². The van der Waals surface area contributed by atoms with Crippen molar-refractivity contribution < 1.29 is 0 Å². The molecule has 9 heteroatoms. The molecule has 0 saturated carbocycles. The summed E-state index contributed by atoms with van der Waals surface area (Å²) in [6.07, 6.45) is 2.07. The number of rotatable bonds is 7. The molecule has 0 aliphatic carbocycles. The minimum atomic E-state index is -0.129. The maximum absolute atomic E-state index is 13.4. The van der Waals surface area contributed by atoms with E-state index < -0.39 is 0 Å². The fourth-order valence-electron chi connectivity index (χ4n) is 3.17. The molecule has 0 fully saturated rings. The first kappa shape index (κ1) is 20.6. The van der Waals surface area contributed by atoms with E-state index in [1.165, 1.54) is 11.8 Å². The molecule has 30 heavy (non-hydrogen) atoms. The molecule has 154 valence electrons. The maximum atomic E-state index is 13.4. The maximum Gasteiger partial charge on any atom is 0.266 e. The van der Waals surface area contributed by atoms with Crippen LogP contribution in [0.1, 0.15) is 31.2 Å². The summed E-state index contributed by atoms with van der Waals surface area (Å²) >= 11 is 7.58. The third kappa shape index (κ3) is 4.24. The first-order chi connectivity index (χ1) is 14.6. The average Bonchev–Trinajstić information content (AvgIpc) is 3.17. The molecule has 2 aromatic heterocycles. The molecule has 0 saturated heterocycles. The second kappa shape index (κ2) is 8.97. The molecule has 0 N–H and O–H groups in total. The number of halogens is 1. The number of hydrogen-bond donors (Lipinski definition) is 0. The summed E-state index contributed by atoms with van der Waals surface area (Å²) in [6, 6.07) is 13.0. The van der Waals surface area contributed by atoms with Crippen molar-refractivity contribution in [3.63, 3.8) is 0 Å². The van der Waals surface area contributed by atoms with Crippen molar-refractivity contribution in [3.05, 3.63) is 69.2 Å². The van der Waals surface area contributed by atoms with E-state index in [1.54, 1.807) is 22.8 Å². The van der Waals surface area contributed by atoms with Crippen LogP contribution in [0.2, 0.25) is 5.02 Å². The van der Waals surface area contributed by atoms with Crippen molar-refractivity contribution in [1.82, 2.24) is 29.8 Å². The van der Waals surface area contributed by atoms with Gasteiger partial charge in [-0.2, -0.15) is 0 Å². The Morgan fingerprint density at radius 3 is 2.83 bits per heavy atom. The normalized spacial score (nSPS) is 11.3. The number of benzene rings is 2. The van der Waals surface area contributed by atoms with Gasteiger partial charge in [-0.25, -0.2) is 9.67 Å². The number of tetrazole rings is 1. The van der Waals surface area contributed by atoms with Crippen molar-refractivity contribution in [2.75, 3.05) is 0 Å². The van der Waals surface area contributed by atoms with Crippen molar-refractivity contribution in [3.8, 4) is 5.69 Å². The summed E-state index contributed by atoms with van der Waals surface area (Å²) in [5.74, 6) is 1.26. The number of thioether (sulfide) groups is 1. The van der Waals surface area contributed by atoms with Gasteiger partial charge in [-0.15, -0.1) is 5.10 Å². The van der Waals surface area contributed by atoms with E-state index in [4.69, 9.17) is 16.6 Å². The van der Waals surface area contributed by atoms with Crippen LogP contribution in [0.15, 0.2) is 52.4 Å². The van der Waals surface area contributed by atoms with Crippen LogP contribution >= 0.6 is 23.4 Å². The molecule has 7 nitrogen and oxygen atoms in total. The van der Waals surface area contributed by atoms with Gasteiger partial charge in [0.05, 0.1) is 22.3 Å². The van der Waals surface area contributed by atoms with E-state index in [1.807, 2.05) is 35.9 Å². The first-order valence-corrected chi connectivity index (χ1v) is 11.1. The largest absolute Gasteiger partial charge is 0.268 e. The Hall–Kier alpha value is -2.71. The van der Waals surface area contributed by atoms with Gasteiger partial charge in [0.15, 0.2) is 11.0 Å². The monoisotopic (exact) mass is 440 g/mol. The highest BCUT2D eigenvalue weighted by Crippen LogP contribution is 2.25. The Morgan fingerprint density at radius 2 is 2.03 bits per heavy atom. The molecule has 0 aliphatic heterocycles. The molecule has 2 heterocycles. The lowest BCUT2D eigenvalue weighted by molar-refractivity contribution is 0.540. The standard InChI is InChI=1S/C21H21ClN6OS/c1-3-4-10-27-19(24-25-26-27)13-30-21-23-18-12-15(22)8-9-17(18)20(29)28(21)16-7-5-6-14(2)11-16/h5-9,11-12H,3-4,10,13H2,1-2H3. The molecule has 0 unspecified atom stereocenters. The lowest BCUT2D eigenvalue weighted by Crippen LogP contribution is -2.22. The van der Waals surface area contributed by atoms with Crippen molar-refractivity contribution >= 4 is 34.3 Å². The van der Waals surface area contributed by atoms with Crippen LogP contribution in [0.3, 0.4) is 0 Å². The number of unbranched alkanes of at least 4 members (excludes halogenated alkanes) is 1. The third-order valence-corrected chi connectivity index (χ3v) is 5.89. The summed E-state index contributed by atoms with van der Waals surface area (Å²) in [4.78, 5) is 18.1. The van der Waals surface area contributed by atoms with Gasteiger partial charge in [-0.3, -0.25) is 9.36 Å². The lowest BCUT2D eigenvalue weighted by atomic mass is 10.2. The van der Waals surface area contributed by atoms with Gasteiger partial charge >= 0.3 is 0 Å². The van der Waals surface area contributed by atoms with Crippen LogP contribution in [-0.4, -0.2) is 29.8 Å². The fourth-order valence-corrected chi connectivity index (χ4v) is 4.28. The molecular weight excluding hydrogens is 420 g/mol. The topological polar surface area (TPSA) is 78.5 Å². The van der Waals surface area contributed by atoms with E-state index in [-0.39, 0.29) is 5.56 Å². The second-order valence-electron chi connectivity index (χ2n) is 7.00.